The quantitative estimate of drug-likeness (QED) is 0.233. The highest BCUT2D eigenvalue weighted by Gasteiger charge is 2.18. The maximum atomic E-state index is 12.1. The Balaban J connectivity index is 1.77. The molecule has 29 heavy (non-hydrogen) atoms. The van der Waals surface area contributed by atoms with Crippen molar-refractivity contribution in [2.24, 2.45) is 0 Å². The maximum Gasteiger partial charge on any atom is 0.182 e. The van der Waals surface area contributed by atoms with Crippen molar-refractivity contribution in [1.82, 2.24) is 15.0 Å². The van der Waals surface area contributed by atoms with E-state index < -0.39 is 8.07 Å². The Labute approximate surface area is 181 Å². The standard InChI is InChI=1S/C22H26BrN3O2Si/c1-16(27)21-22(25-26(24-21)15-28-13-14-29(2,3)4)19-7-5-17(6-8-19)18-9-11-20(23)12-10-18/h5-12H,13-15H2,1-4H3. The average Bonchev–Trinajstić information content (AvgIpc) is 3.10. The molecule has 0 aliphatic rings. The summed E-state index contributed by atoms with van der Waals surface area (Å²) in [5.41, 5.74) is 4.06. The molecule has 3 aromatic rings. The fraction of sp³-hybridized carbons (Fsp3) is 0.318. The molecular weight excluding hydrogens is 446 g/mol. The van der Waals surface area contributed by atoms with E-state index in [1.54, 1.807) is 0 Å². The third kappa shape index (κ3) is 5.94. The Kier molecular flexibility index (Phi) is 6.82. The molecular formula is C22H26BrN3O2Si. The highest BCUT2D eigenvalue weighted by molar-refractivity contribution is 9.10. The molecule has 0 N–H and O–H groups in total. The summed E-state index contributed by atoms with van der Waals surface area (Å²) in [6.45, 7) is 9.39. The zero-order valence-electron chi connectivity index (χ0n) is 17.3. The molecule has 0 radical (unpaired) electrons. The summed E-state index contributed by atoms with van der Waals surface area (Å²) in [5, 5.41) is 8.86. The summed E-state index contributed by atoms with van der Waals surface area (Å²) in [4.78, 5) is 13.6. The first-order chi connectivity index (χ1) is 13.7. The predicted molar refractivity (Wildman–Crippen MR) is 123 cm³/mol. The number of hydrogen-bond acceptors (Lipinski definition) is 4. The topological polar surface area (TPSA) is 57.0 Å². The van der Waals surface area contributed by atoms with Gasteiger partial charge in [-0.2, -0.15) is 9.90 Å². The van der Waals surface area contributed by atoms with Crippen LogP contribution in [0.15, 0.2) is 53.0 Å². The van der Waals surface area contributed by atoms with Crippen LogP contribution < -0.4 is 0 Å². The number of aromatic nitrogens is 3. The summed E-state index contributed by atoms with van der Waals surface area (Å²) < 4.78 is 6.77. The third-order valence-corrected chi connectivity index (χ3v) is 6.76. The molecule has 0 fully saturated rings. The smallest absolute Gasteiger partial charge is 0.182 e. The van der Waals surface area contributed by atoms with Gasteiger partial charge in [-0.25, -0.2) is 0 Å². The molecule has 2 aromatic carbocycles. The lowest BCUT2D eigenvalue weighted by Gasteiger charge is -2.14. The SMILES string of the molecule is CC(=O)c1nn(COCC[Si](C)(C)C)nc1-c1ccc(-c2ccc(Br)cc2)cc1. The second-order valence-corrected chi connectivity index (χ2v) is 14.8. The number of ether oxygens (including phenoxy) is 1. The number of nitrogens with zero attached hydrogens (tertiary/aromatic N) is 3. The molecule has 0 atom stereocenters. The first-order valence-corrected chi connectivity index (χ1v) is 14.1. The summed E-state index contributed by atoms with van der Waals surface area (Å²) in [5.74, 6) is -0.106. The van der Waals surface area contributed by atoms with Crippen LogP contribution in [0.5, 0.6) is 0 Å². The third-order valence-electron chi connectivity index (χ3n) is 4.53. The normalized spacial score (nSPS) is 11.6. The first-order valence-electron chi connectivity index (χ1n) is 9.63. The minimum atomic E-state index is -1.14. The van der Waals surface area contributed by atoms with Crippen LogP contribution in [0.4, 0.5) is 0 Å². The molecule has 0 bridgehead atoms. The van der Waals surface area contributed by atoms with Crippen molar-refractivity contribution >= 4 is 29.8 Å². The number of carbonyl (C=O) groups excluding carboxylic acids is 1. The van der Waals surface area contributed by atoms with Gasteiger partial charge in [0.1, 0.15) is 5.69 Å². The molecule has 7 heteroatoms. The van der Waals surface area contributed by atoms with Crippen LogP contribution in [-0.2, 0) is 11.5 Å². The van der Waals surface area contributed by atoms with Crippen molar-refractivity contribution in [3.63, 3.8) is 0 Å². The summed E-state index contributed by atoms with van der Waals surface area (Å²) >= 11 is 3.46. The first kappa shape index (κ1) is 21.6. The van der Waals surface area contributed by atoms with Crippen LogP contribution >= 0.6 is 15.9 Å². The number of Topliss-reactive ketones (excluding diaryl/α,β-unsaturated/α-hetero) is 1. The molecule has 0 unspecified atom stereocenters. The number of hydrogen-bond donors (Lipinski definition) is 0. The summed E-state index contributed by atoms with van der Waals surface area (Å²) in [7, 11) is -1.14. The summed E-state index contributed by atoms with van der Waals surface area (Å²) in [6.07, 6.45) is 0. The molecule has 152 valence electrons. The van der Waals surface area contributed by atoms with E-state index in [4.69, 9.17) is 4.74 Å². The van der Waals surface area contributed by atoms with E-state index in [1.807, 2.05) is 36.4 Å². The van der Waals surface area contributed by atoms with Gasteiger partial charge in [0.25, 0.3) is 0 Å². The number of benzene rings is 2. The Morgan fingerprint density at radius 2 is 1.52 bits per heavy atom. The molecule has 0 saturated carbocycles. The van der Waals surface area contributed by atoms with Gasteiger partial charge in [-0.3, -0.25) is 4.79 Å². The van der Waals surface area contributed by atoms with Crippen LogP contribution in [0.1, 0.15) is 17.4 Å². The largest absolute Gasteiger partial charge is 0.358 e. The fourth-order valence-electron chi connectivity index (χ4n) is 2.82. The Bertz CT molecular complexity index is 977. The van der Waals surface area contributed by atoms with E-state index in [0.29, 0.717) is 18.0 Å². The second kappa shape index (κ2) is 9.15. The molecule has 0 aliphatic carbocycles. The number of ketones is 1. The van der Waals surface area contributed by atoms with Crippen LogP contribution in [-0.4, -0.2) is 35.5 Å². The van der Waals surface area contributed by atoms with Crippen molar-refractivity contribution < 1.29 is 9.53 Å². The minimum Gasteiger partial charge on any atom is -0.358 e. The van der Waals surface area contributed by atoms with Gasteiger partial charge in [0.2, 0.25) is 0 Å². The zero-order valence-corrected chi connectivity index (χ0v) is 19.9. The average molecular weight is 472 g/mol. The van der Waals surface area contributed by atoms with Crippen molar-refractivity contribution in [2.75, 3.05) is 6.61 Å². The van der Waals surface area contributed by atoms with Crippen LogP contribution in [0.3, 0.4) is 0 Å². The van der Waals surface area contributed by atoms with Gasteiger partial charge in [0.05, 0.1) is 0 Å². The number of carbonyl (C=O) groups is 1. The Hall–Kier alpha value is -2.09. The zero-order chi connectivity index (χ0) is 21.0. The number of halogens is 1. The van der Waals surface area contributed by atoms with E-state index in [-0.39, 0.29) is 12.5 Å². The lowest BCUT2D eigenvalue weighted by atomic mass is 10.0. The minimum absolute atomic E-state index is 0.106. The van der Waals surface area contributed by atoms with Crippen molar-refractivity contribution in [1.29, 1.82) is 0 Å². The lowest BCUT2D eigenvalue weighted by Crippen LogP contribution is -2.22. The molecule has 3 rings (SSSR count). The molecule has 0 amide bonds. The highest BCUT2D eigenvalue weighted by Crippen LogP contribution is 2.26. The fourth-order valence-corrected chi connectivity index (χ4v) is 3.85. The van der Waals surface area contributed by atoms with Gasteiger partial charge in [0, 0.05) is 31.6 Å². The monoisotopic (exact) mass is 471 g/mol. The van der Waals surface area contributed by atoms with Gasteiger partial charge in [-0.15, -0.1) is 5.10 Å². The van der Waals surface area contributed by atoms with Crippen molar-refractivity contribution in [3.05, 3.63) is 58.7 Å². The summed E-state index contributed by atoms with van der Waals surface area (Å²) in [6, 6.07) is 17.3. The highest BCUT2D eigenvalue weighted by atomic mass is 79.9. The van der Waals surface area contributed by atoms with Crippen molar-refractivity contribution in [3.8, 4) is 22.4 Å². The van der Waals surface area contributed by atoms with E-state index in [0.717, 1.165) is 27.2 Å². The molecule has 1 heterocycles. The molecule has 0 spiro atoms. The van der Waals surface area contributed by atoms with E-state index in [1.165, 1.54) is 11.7 Å². The van der Waals surface area contributed by atoms with Crippen LogP contribution in [0.2, 0.25) is 25.7 Å². The van der Waals surface area contributed by atoms with Crippen LogP contribution in [0.25, 0.3) is 22.4 Å². The van der Waals surface area contributed by atoms with Gasteiger partial charge in [0.15, 0.2) is 18.2 Å². The van der Waals surface area contributed by atoms with E-state index in [2.05, 4.69) is 57.9 Å². The second-order valence-electron chi connectivity index (χ2n) is 8.26. The Morgan fingerprint density at radius 1 is 0.966 bits per heavy atom. The van der Waals surface area contributed by atoms with Crippen LogP contribution in [0, 0.1) is 0 Å². The Morgan fingerprint density at radius 3 is 2.07 bits per heavy atom. The lowest BCUT2D eigenvalue weighted by molar-refractivity contribution is 0.0682. The molecule has 0 aliphatic heterocycles. The molecule has 1 aromatic heterocycles. The molecule has 0 saturated heterocycles. The maximum absolute atomic E-state index is 12.1. The van der Waals surface area contributed by atoms with E-state index >= 15 is 0 Å². The molecule has 5 nitrogen and oxygen atoms in total. The van der Waals surface area contributed by atoms with Gasteiger partial charge >= 0.3 is 0 Å². The van der Waals surface area contributed by atoms with Gasteiger partial charge < -0.3 is 4.74 Å². The predicted octanol–water partition coefficient (Wildman–Crippen LogP) is 5.89. The van der Waals surface area contributed by atoms with E-state index in [9.17, 15) is 4.79 Å². The number of rotatable bonds is 8. The van der Waals surface area contributed by atoms with Crippen molar-refractivity contribution in [2.45, 2.75) is 39.3 Å². The van der Waals surface area contributed by atoms with Gasteiger partial charge in [-0.1, -0.05) is 72.0 Å². The van der Waals surface area contributed by atoms with Gasteiger partial charge in [-0.05, 0) is 29.3 Å².